The number of aliphatic hydroxyl groups is 1. The zero-order valence-corrected chi connectivity index (χ0v) is 10.7. The van der Waals surface area contributed by atoms with Gasteiger partial charge in [0, 0.05) is 41.1 Å². The molecule has 0 spiro atoms. The third kappa shape index (κ3) is 3.58. The number of hydrogen-bond acceptors (Lipinski definition) is 2. The van der Waals surface area contributed by atoms with E-state index in [9.17, 15) is 5.11 Å². The number of rotatable bonds is 2. The van der Waals surface area contributed by atoms with Gasteiger partial charge in [0.2, 0.25) is 0 Å². The Hall–Kier alpha value is 0.430. The quantitative estimate of drug-likeness (QED) is 0.716. The van der Waals surface area contributed by atoms with Gasteiger partial charge in [-0.25, -0.2) is 0 Å². The molecule has 1 aromatic rings. The molecule has 0 amide bonds. The van der Waals surface area contributed by atoms with Crippen molar-refractivity contribution in [2.45, 2.75) is 12.5 Å². The summed E-state index contributed by atoms with van der Waals surface area (Å²) in [6.45, 7) is 1.88. The normalized spacial score (nSPS) is 14.5. The third-order valence-electron chi connectivity index (χ3n) is 1.86. The van der Waals surface area contributed by atoms with E-state index in [1.54, 1.807) is 31.2 Å². The molecule has 0 aliphatic rings. The zero-order valence-electron chi connectivity index (χ0n) is 7.92. The van der Waals surface area contributed by atoms with E-state index < -0.39 is 5.60 Å². The van der Waals surface area contributed by atoms with Crippen molar-refractivity contribution in [1.29, 1.82) is 0 Å². The van der Waals surface area contributed by atoms with Crippen LogP contribution < -0.4 is 5.73 Å². The van der Waals surface area contributed by atoms with Gasteiger partial charge in [0.25, 0.3) is 0 Å². The average Bonchev–Trinajstić information content (AvgIpc) is 2.05. The Morgan fingerprint density at radius 1 is 1.38 bits per heavy atom. The van der Waals surface area contributed by atoms with Gasteiger partial charge in [0.05, 0.1) is 5.60 Å². The molecular formula is C9H12ClNNaO. The van der Waals surface area contributed by atoms with Gasteiger partial charge in [0.1, 0.15) is 0 Å². The van der Waals surface area contributed by atoms with Gasteiger partial charge >= 0.3 is 0 Å². The van der Waals surface area contributed by atoms with E-state index in [1.165, 1.54) is 0 Å². The average molecular weight is 209 g/mol. The maximum absolute atomic E-state index is 9.72. The monoisotopic (exact) mass is 208 g/mol. The van der Waals surface area contributed by atoms with E-state index in [1.807, 2.05) is 0 Å². The molecule has 1 atom stereocenters. The molecule has 13 heavy (non-hydrogen) atoms. The van der Waals surface area contributed by atoms with Crippen LogP contribution in [0.15, 0.2) is 24.3 Å². The summed E-state index contributed by atoms with van der Waals surface area (Å²) in [5.74, 6) is 0. The first kappa shape index (κ1) is 13.4. The standard InChI is InChI=1S/C9H12ClNO.Na/c1-9(12,6-11)7-2-4-8(10)5-3-7;/h2-5,12H,6,11H2,1H3;. The molecule has 1 rings (SSSR count). The molecule has 1 radical (unpaired) electrons. The minimum Gasteiger partial charge on any atom is -0.384 e. The van der Waals surface area contributed by atoms with Crippen LogP contribution in [0.5, 0.6) is 0 Å². The van der Waals surface area contributed by atoms with Crippen molar-refractivity contribution in [3.63, 3.8) is 0 Å². The third-order valence-corrected chi connectivity index (χ3v) is 2.12. The van der Waals surface area contributed by atoms with Crippen molar-refractivity contribution < 1.29 is 5.11 Å². The van der Waals surface area contributed by atoms with E-state index in [0.29, 0.717) is 5.02 Å². The summed E-state index contributed by atoms with van der Waals surface area (Å²) in [6, 6.07) is 7.02. The van der Waals surface area contributed by atoms with Gasteiger partial charge in [-0.15, -0.1) is 0 Å². The smallest absolute Gasteiger partial charge is 0.0990 e. The fourth-order valence-electron chi connectivity index (χ4n) is 0.927. The van der Waals surface area contributed by atoms with Crippen LogP contribution in [0.2, 0.25) is 5.02 Å². The Morgan fingerprint density at radius 2 is 1.85 bits per heavy atom. The van der Waals surface area contributed by atoms with E-state index in [-0.39, 0.29) is 36.1 Å². The van der Waals surface area contributed by atoms with Crippen LogP contribution in [-0.4, -0.2) is 41.2 Å². The molecular weight excluding hydrogens is 197 g/mol. The molecule has 0 fully saturated rings. The fraction of sp³-hybridized carbons (Fsp3) is 0.333. The van der Waals surface area contributed by atoms with Crippen molar-refractivity contribution in [3.05, 3.63) is 34.9 Å². The van der Waals surface area contributed by atoms with Gasteiger partial charge in [-0.1, -0.05) is 23.7 Å². The molecule has 0 bridgehead atoms. The second kappa shape index (κ2) is 5.35. The summed E-state index contributed by atoms with van der Waals surface area (Å²) >= 11 is 5.69. The summed E-state index contributed by atoms with van der Waals surface area (Å²) < 4.78 is 0. The Bertz CT molecular complexity index is 261. The minimum absolute atomic E-state index is 0. The van der Waals surface area contributed by atoms with E-state index >= 15 is 0 Å². The van der Waals surface area contributed by atoms with Crippen molar-refractivity contribution in [2.24, 2.45) is 5.73 Å². The Morgan fingerprint density at radius 3 is 2.23 bits per heavy atom. The first-order chi connectivity index (χ1) is 5.56. The molecule has 1 aromatic carbocycles. The molecule has 4 heteroatoms. The Kier molecular flexibility index (Phi) is 5.52. The number of halogens is 1. The summed E-state index contributed by atoms with van der Waals surface area (Å²) in [4.78, 5) is 0. The van der Waals surface area contributed by atoms with Crippen molar-refractivity contribution >= 4 is 41.2 Å². The van der Waals surface area contributed by atoms with Gasteiger partial charge in [-0.05, 0) is 24.6 Å². The summed E-state index contributed by atoms with van der Waals surface area (Å²) in [5.41, 5.74) is 5.23. The van der Waals surface area contributed by atoms with E-state index in [0.717, 1.165) is 5.56 Å². The van der Waals surface area contributed by atoms with Crippen LogP contribution in [-0.2, 0) is 5.60 Å². The molecule has 1 unspecified atom stereocenters. The van der Waals surface area contributed by atoms with Crippen LogP contribution in [0, 0.1) is 0 Å². The first-order valence-corrected chi connectivity index (χ1v) is 4.12. The summed E-state index contributed by atoms with van der Waals surface area (Å²) in [5, 5.41) is 10.4. The van der Waals surface area contributed by atoms with Crippen molar-refractivity contribution in [3.8, 4) is 0 Å². The molecule has 0 saturated carbocycles. The van der Waals surface area contributed by atoms with Crippen LogP contribution in [0.25, 0.3) is 0 Å². The number of hydrogen-bond donors (Lipinski definition) is 2. The molecule has 0 aliphatic heterocycles. The van der Waals surface area contributed by atoms with Crippen LogP contribution in [0.3, 0.4) is 0 Å². The molecule has 3 N–H and O–H groups in total. The predicted octanol–water partition coefficient (Wildman–Crippen LogP) is 1.13. The Labute approximate surface area is 105 Å². The molecule has 0 aliphatic carbocycles. The number of nitrogens with two attached hydrogens (primary N) is 1. The largest absolute Gasteiger partial charge is 0.384 e. The topological polar surface area (TPSA) is 46.2 Å². The van der Waals surface area contributed by atoms with Crippen LogP contribution in [0.1, 0.15) is 12.5 Å². The maximum atomic E-state index is 9.72. The van der Waals surface area contributed by atoms with Crippen molar-refractivity contribution in [2.75, 3.05) is 6.54 Å². The van der Waals surface area contributed by atoms with Gasteiger partial charge in [-0.3, -0.25) is 0 Å². The summed E-state index contributed by atoms with van der Waals surface area (Å²) in [7, 11) is 0. The van der Waals surface area contributed by atoms with Gasteiger partial charge in [0.15, 0.2) is 0 Å². The van der Waals surface area contributed by atoms with Crippen LogP contribution >= 0.6 is 11.6 Å². The van der Waals surface area contributed by atoms with E-state index in [4.69, 9.17) is 17.3 Å². The van der Waals surface area contributed by atoms with Crippen molar-refractivity contribution in [1.82, 2.24) is 0 Å². The molecule has 0 saturated heterocycles. The SMILES string of the molecule is CC(O)(CN)c1ccc(Cl)cc1.[Na]. The van der Waals surface area contributed by atoms with E-state index in [2.05, 4.69) is 0 Å². The Balaban J connectivity index is 0.00000144. The molecule has 2 nitrogen and oxygen atoms in total. The molecule has 0 aromatic heterocycles. The predicted molar refractivity (Wildman–Crippen MR) is 55.8 cm³/mol. The molecule has 0 heterocycles. The maximum Gasteiger partial charge on any atom is 0.0990 e. The number of benzene rings is 1. The first-order valence-electron chi connectivity index (χ1n) is 3.75. The zero-order chi connectivity index (χ0) is 9.19. The second-order valence-electron chi connectivity index (χ2n) is 2.98. The molecule has 67 valence electrons. The van der Waals surface area contributed by atoms with Gasteiger partial charge in [-0.2, -0.15) is 0 Å². The summed E-state index contributed by atoms with van der Waals surface area (Å²) in [6.07, 6.45) is 0. The minimum atomic E-state index is -0.954. The second-order valence-corrected chi connectivity index (χ2v) is 3.42. The van der Waals surface area contributed by atoms with Crippen LogP contribution in [0.4, 0.5) is 0 Å². The fourth-order valence-corrected chi connectivity index (χ4v) is 1.05. The van der Waals surface area contributed by atoms with Gasteiger partial charge < -0.3 is 10.8 Å².